The van der Waals surface area contributed by atoms with Crippen molar-refractivity contribution < 1.29 is 4.74 Å². The van der Waals surface area contributed by atoms with Crippen molar-refractivity contribution in [2.24, 2.45) is 5.73 Å². The van der Waals surface area contributed by atoms with Crippen molar-refractivity contribution in [3.63, 3.8) is 0 Å². The zero-order valence-electron chi connectivity index (χ0n) is 7.78. The lowest BCUT2D eigenvalue weighted by Crippen LogP contribution is -2.43. The molecular weight excluding hydrogens is 164 g/mol. The van der Waals surface area contributed by atoms with Crippen LogP contribution in [-0.4, -0.2) is 37.2 Å². The van der Waals surface area contributed by atoms with E-state index in [4.69, 9.17) is 10.5 Å². The molecular formula is C10H16N2O. The molecule has 3 nitrogen and oxygen atoms in total. The Morgan fingerprint density at radius 3 is 2.77 bits per heavy atom. The standard InChI is InChI=1S/C10H16N2O/c11-9-1-3-10(4-2-9)12-5-7-13-8-6-12/h1-3,10H,4-8,11H2. The SMILES string of the molecule is NC1=CCC(N2CCOCC2)C=C1. The molecule has 1 heterocycles. The minimum atomic E-state index is 0.538. The number of nitrogens with zero attached hydrogens (tertiary/aromatic N) is 1. The van der Waals surface area contributed by atoms with E-state index < -0.39 is 0 Å². The average Bonchev–Trinajstić information content (AvgIpc) is 2.20. The Bertz CT molecular complexity index is 229. The van der Waals surface area contributed by atoms with Crippen LogP contribution in [0.1, 0.15) is 6.42 Å². The van der Waals surface area contributed by atoms with Gasteiger partial charge in [0.25, 0.3) is 0 Å². The van der Waals surface area contributed by atoms with Gasteiger partial charge in [0.15, 0.2) is 0 Å². The van der Waals surface area contributed by atoms with Crippen molar-refractivity contribution in [1.82, 2.24) is 4.90 Å². The summed E-state index contributed by atoms with van der Waals surface area (Å²) in [5, 5.41) is 0. The second kappa shape index (κ2) is 3.94. The lowest BCUT2D eigenvalue weighted by molar-refractivity contribution is 0.0259. The molecule has 0 amide bonds. The first-order valence-electron chi connectivity index (χ1n) is 4.82. The third-order valence-corrected chi connectivity index (χ3v) is 2.62. The van der Waals surface area contributed by atoms with Gasteiger partial charge in [0.2, 0.25) is 0 Å². The van der Waals surface area contributed by atoms with Gasteiger partial charge in [0.05, 0.1) is 13.2 Å². The predicted octanol–water partition coefficient (Wildman–Crippen LogP) is 0.490. The highest BCUT2D eigenvalue weighted by Crippen LogP contribution is 2.14. The summed E-state index contributed by atoms with van der Waals surface area (Å²) in [6.07, 6.45) is 7.34. The van der Waals surface area contributed by atoms with Crippen molar-refractivity contribution in [2.45, 2.75) is 12.5 Å². The quantitative estimate of drug-likeness (QED) is 0.638. The first-order chi connectivity index (χ1) is 6.36. The maximum atomic E-state index is 5.66. The summed E-state index contributed by atoms with van der Waals surface area (Å²) >= 11 is 0. The highest BCUT2D eigenvalue weighted by molar-refractivity contribution is 5.22. The fraction of sp³-hybridized carbons (Fsp3) is 0.600. The summed E-state index contributed by atoms with van der Waals surface area (Å²) in [4.78, 5) is 2.45. The molecule has 1 saturated heterocycles. The van der Waals surface area contributed by atoms with Gasteiger partial charge in [-0.05, 0) is 12.5 Å². The van der Waals surface area contributed by atoms with Gasteiger partial charge in [-0.2, -0.15) is 0 Å². The lowest BCUT2D eigenvalue weighted by Gasteiger charge is -2.33. The number of rotatable bonds is 1. The van der Waals surface area contributed by atoms with Crippen LogP contribution < -0.4 is 5.73 Å². The summed E-state index contributed by atoms with van der Waals surface area (Å²) in [5.74, 6) is 0. The molecule has 0 aromatic rings. The highest BCUT2D eigenvalue weighted by Gasteiger charge is 2.18. The van der Waals surface area contributed by atoms with E-state index in [1.54, 1.807) is 0 Å². The monoisotopic (exact) mass is 180 g/mol. The fourth-order valence-electron chi connectivity index (χ4n) is 1.81. The van der Waals surface area contributed by atoms with E-state index in [-0.39, 0.29) is 0 Å². The zero-order chi connectivity index (χ0) is 9.10. The normalized spacial score (nSPS) is 30.2. The van der Waals surface area contributed by atoms with Gasteiger partial charge in [0, 0.05) is 24.8 Å². The summed E-state index contributed by atoms with van der Waals surface area (Å²) in [7, 11) is 0. The third-order valence-electron chi connectivity index (χ3n) is 2.62. The molecule has 1 aliphatic heterocycles. The Labute approximate surface area is 78.8 Å². The van der Waals surface area contributed by atoms with Crippen LogP contribution in [0.15, 0.2) is 23.9 Å². The van der Waals surface area contributed by atoms with E-state index in [1.807, 2.05) is 6.08 Å². The van der Waals surface area contributed by atoms with Crippen LogP contribution in [0.2, 0.25) is 0 Å². The number of ether oxygens (including phenoxy) is 1. The third kappa shape index (κ3) is 2.11. The van der Waals surface area contributed by atoms with Crippen LogP contribution in [0.3, 0.4) is 0 Å². The van der Waals surface area contributed by atoms with Crippen LogP contribution in [-0.2, 0) is 4.74 Å². The highest BCUT2D eigenvalue weighted by atomic mass is 16.5. The summed E-state index contributed by atoms with van der Waals surface area (Å²) in [5.41, 5.74) is 6.55. The van der Waals surface area contributed by atoms with Gasteiger partial charge in [0.1, 0.15) is 0 Å². The van der Waals surface area contributed by atoms with Gasteiger partial charge in [-0.15, -0.1) is 0 Å². The van der Waals surface area contributed by atoms with Crippen molar-refractivity contribution in [3.8, 4) is 0 Å². The Morgan fingerprint density at radius 2 is 2.15 bits per heavy atom. The predicted molar refractivity (Wildman–Crippen MR) is 52.2 cm³/mol. The molecule has 2 aliphatic rings. The number of hydrogen-bond donors (Lipinski definition) is 1. The van der Waals surface area contributed by atoms with Crippen LogP contribution in [0.25, 0.3) is 0 Å². The Kier molecular flexibility index (Phi) is 2.66. The van der Waals surface area contributed by atoms with E-state index in [0.717, 1.165) is 38.4 Å². The minimum Gasteiger partial charge on any atom is -0.399 e. The molecule has 3 heteroatoms. The average molecular weight is 180 g/mol. The first kappa shape index (κ1) is 8.78. The lowest BCUT2D eigenvalue weighted by atomic mass is 10.1. The summed E-state index contributed by atoms with van der Waals surface area (Å²) < 4.78 is 5.31. The van der Waals surface area contributed by atoms with Crippen LogP contribution in [0.4, 0.5) is 0 Å². The molecule has 1 unspecified atom stereocenters. The topological polar surface area (TPSA) is 38.5 Å². The zero-order valence-corrected chi connectivity index (χ0v) is 7.78. The molecule has 72 valence electrons. The fourth-order valence-corrected chi connectivity index (χ4v) is 1.81. The van der Waals surface area contributed by atoms with Crippen molar-refractivity contribution in [1.29, 1.82) is 0 Å². The van der Waals surface area contributed by atoms with Crippen LogP contribution >= 0.6 is 0 Å². The number of nitrogens with two attached hydrogens (primary N) is 1. The van der Waals surface area contributed by atoms with Gasteiger partial charge < -0.3 is 10.5 Å². The number of morpholine rings is 1. The molecule has 0 aromatic carbocycles. The maximum Gasteiger partial charge on any atom is 0.0594 e. The molecule has 0 bridgehead atoms. The van der Waals surface area contributed by atoms with Crippen LogP contribution in [0.5, 0.6) is 0 Å². The van der Waals surface area contributed by atoms with E-state index >= 15 is 0 Å². The molecule has 2 N–H and O–H groups in total. The Hall–Kier alpha value is -0.800. The van der Waals surface area contributed by atoms with Crippen molar-refractivity contribution in [2.75, 3.05) is 26.3 Å². The molecule has 0 spiro atoms. The second-order valence-corrected chi connectivity index (χ2v) is 3.51. The van der Waals surface area contributed by atoms with Gasteiger partial charge in [-0.25, -0.2) is 0 Å². The van der Waals surface area contributed by atoms with Crippen molar-refractivity contribution in [3.05, 3.63) is 23.9 Å². The van der Waals surface area contributed by atoms with Gasteiger partial charge in [-0.1, -0.05) is 12.2 Å². The smallest absolute Gasteiger partial charge is 0.0594 e. The minimum absolute atomic E-state index is 0.538. The Balaban J connectivity index is 1.91. The largest absolute Gasteiger partial charge is 0.399 e. The number of hydrogen-bond acceptors (Lipinski definition) is 3. The molecule has 1 fully saturated rings. The Morgan fingerprint density at radius 1 is 1.38 bits per heavy atom. The maximum absolute atomic E-state index is 5.66. The van der Waals surface area contributed by atoms with Gasteiger partial charge in [-0.3, -0.25) is 4.90 Å². The second-order valence-electron chi connectivity index (χ2n) is 3.51. The molecule has 1 aliphatic carbocycles. The molecule has 0 aromatic heterocycles. The molecule has 0 radical (unpaired) electrons. The van der Waals surface area contributed by atoms with E-state index in [9.17, 15) is 0 Å². The van der Waals surface area contributed by atoms with Crippen LogP contribution in [0, 0.1) is 0 Å². The van der Waals surface area contributed by atoms with Crippen molar-refractivity contribution >= 4 is 0 Å². The summed E-state index contributed by atoms with van der Waals surface area (Å²) in [6.45, 7) is 3.82. The van der Waals surface area contributed by atoms with E-state index in [2.05, 4.69) is 17.1 Å². The molecule has 2 rings (SSSR count). The molecule has 0 saturated carbocycles. The molecule has 13 heavy (non-hydrogen) atoms. The van der Waals surface area contributed by atoms with E-state index in [1.165, 1.54) is 0 Å². The van der Waals surface area contributed by atoms with Gasteiger partial charge >= 0.3 is 0 Å². The first-order valence-corrected chi connectivity index (χ1v) is 4.82. The number of allylic oxidation sites excluding steroid dienone is 1. The molecule has 1 atom stereocenters. The summed E-state index contributed by atoms with van der Waals surface area (Å²) in [6, 6.07) is 0.538. The van der Waals surface area contributed by atoms with E-state index in [0.29, 0.717) is 6.04 Å².